The van der Waals surface area contributed by atoms with E-state index in [2.05, 4.69) is 15.9 Å². The van der Waals surface area contributed by atoms with Crippen molar-refractivity contribution in [2.24, 2.45) is 0 Å². The highest BCUT2D eigenvalue weighted by Crippen LogP contribution is 2.29. The first kappa shape index (κ1) is 12.0. The van der Waals surface area contributed by atoms with Crippen LogP contribution in [0.25, 0.3) is 0 Å². The summed E-state index contributed by atoms with van der Waals surface area (Å²) in [4.78, 5) is 1.03. The second-order valence-electron chi connectivity index (χ2n) is 2.93. The summed E-state index contributed by atoms with van der Waals surface area (Å²) in [5.74, 6) is 0.654. The Labute approximate surface area is 96.5 Å². The number of aliphatic hydroxyl groups excluding tert-OH is 2. The van der Waals surface area contributed by atoms with Crippen LogP contribution in [0, 0.1) is 0 Å². The largest absolute Gasteiger partial charge is 0.396 e. The smallest absolute Gasteiger partial charge is 0.0773 e. The van der Waals surface area contributed by atoms with E-state index in [4.69, 9.17) is 5.11 Å². The molecule has 0 aliphatic heterocycles. The number of benzene rings is 1. The van der Waals surface area contributed by atoms with E-state index in [9.17, 15) is 5.11 Å². The fourth-order valence-electron chi connectivity index (χ4n) is 1.13. The molecular formula is C10H13BrO2S. The normalized spacial score (nSPS) is 12.9. The molecule has 0 amide bonds. The fraction of sp³-hybridized carbons (Fsp3) is 0.400. The molecule has 0 fully saturated rings. The van der Waals surface area contributed by atoms with E-state index in [-0.39, 0.29) is 6.61 Å². The average Bonchev–Trinajstić information content (AvgIpc) is 2.15. The summed E-state index contributed by atoms with van der Waals surface area (Å²) < 4.78 is 0.960. The molecule has 0 bridgehead atoms. The van der Waals surface area contributed by atoms with Crippen LogP contribution in [-0.2, 0) is 0 Å². The van der Waals surface area contributed by atoms with Gasteiger partial charge in [-0.05, 0) is 30.7 Å². The van der Waals surface area contributed by atoms with Gasteiger partial charge in [-0.1, -0.05) is 15.9 Å². The summed E-state index contributed by atoms with van der Waals surface area (Å²) in [7, 11) is 0. The first-order valence-electron chi connectivity index (χ1n) is 4.36. The number of hydrogen-bond donors (Lipinski definition) is 2. The predicted molar refractivity (Wildman–Crippen MR) is 62.6 cm³/mol. The summed E-state index contributed by atoms with van der Waals surface area (Å²) in [6, 6.07) is 5.79. The highest BCUT2D eigenvalue weighted by atomic mass is 79.9. The number of thioether (sulfide) groups is 1. The summed E-state index contributed by atoms with van der Waals surface area (Å²) in [5.41, 5.74) is 0.901. The van der Waals surface area contributed by atoms with Gasteiger partial charge in [-0.3, -0.25) is 0 Å². The van der Waals surface area contributed by atoms with Crippen LogP contribution in [0.15, 0.2) is 27.6 Å². The third-order valence-electron chi connectivity index (χ3n) is 1.77. The maximum absolute atomic E-state index is 9.53. The highest BCUT2D eigenvalue weighted by molar-refractivity contribution is 9.10. The van der Waals surface area contributed by atoms with Crippen molar-refractivity contribution in [3.8, 4) is 0 Å². The number of rotatable bonds is 4. The predicted octanol–water partition coefficient (Wildman–Crippen LogP) is 2.59. The van der Waals surface area contributed by atoms with Crippen molar-refractivity contribution < 1.29 is 10.2 Å². The Balaban J connectivity index is 2.90. The Morgan fingerprint density at radius 3 is 2.79 bits per heavy atom. The van der Waals surface area contributed by atoms with E-state index in [1.165, 1.54) is 0 Å². The van der Waals surface area contributed by atoms with E-state index >= 15 is 0 Å². The van der Waals surface area contributed by atoms with E-state index in [0.29, 0.717) is 5.75 Å². The topological polar surface area (TPSA) is 40.5 Å². The summed E-state index contributed by atoms with van der Waals surface area (Å²) in [6.45, 7) is 1.89. The lowest BCUT2D eigenvalue weighted by Crippen LogP contribution is -1.95. The first-order chi connectivity index (χ1) is 6.65. The van der Waals surface area contributed by atoms with Gasteiger partial charge in [0.2, 0.25) is 0 Å². The number of hydrogen-bond acceptors (Lipinski definition) is 3. The standard InChI is InChI=1S/C10H13BrO2S/c1-7(13)9-6-8(11)2-3-10(9)14-5-4-12/h2-3,6-7,12-13H,4-5H2,1H3. The third-order valence-corrected chi connectivity index (χ3v) is 3.33. The van der Waals surface area contributed by atoms with Crippen LogP contribution < -0.4 is 0 Å². The quantitative estimate of drug-likeness (QED) is 0.831. The zero-order valence-electron chi connectivity index (χ0n) is 7.90. The first-order valence-corrected chi connectivity index (χ1v) is 6.14. The van der Waals surface area contributed by atoms with Gasteiger partial charge in [-0.25, -0.2) is 0 Å². The lowest BCUT2D eigenvalue weighted by atomic mass is 10.1. The molecule has 1 aromatic carbocycles. The number of aliphatic hydroxyl groups is 2. The maximum Gasteiger partial charge on any atom is 0.0773 e. The molecule has 0 saturated carbocycles. The van der Waals surface area contributed by atoms with Crippen molar-refractivity contribution in [1.82, 2.24) is 0 Å². The molecule has 0 heterocycles. The Morgan fingerprint density at radius 2 is 2.21 bits per heavy atom. The molecule has 0 saturated heterocycles. The van der Waals surface area contributed by atoms with Gasteiger partial charge in [0.1, 0.15) is 0 Å². The molecule has 0 radical (unpaired) electrons. The average molecular weight is 277 g/mol. The molecule has 2 N–H and O–H groups in total. The third kappa shape index (κ3) is 3.28. The molecule has 0 aliphatic rings. The van der Waals surface area contributed by atoms with Crippen LogP contribution in [-0.4, -0.2) is 22.6 Å². The monoisotopic (exact) mass is 276 g/mol. The van der Waals surface area contributed by atoms with Crippen LogP contribution in [0.1, 0.15) is 18.6 Å². The lowest BCUT2D eigenvalue weighted by Gasteiger charge is -2.11. The van der Waals surface area contributed by atoms with Crippen molar-refractivity contribution in [2.75, 3.05) is 12.4 Å². The molecule has 1 aromatic rings. The maximum atomic E-state index is 9.53. The van der Waals surface area contributed by atoms with E-state index in [1.807, 2.05) is 18.2 Å². The molecule has 1 unspecified atom stereocenters. The van der Waals surface area contributed by atoms with E-state index < -0.39 is 6.10 Å². The van der Waals surface area contributed by atoms with Crippen molar-refractivity contribution in [1.29, 1.82) is 0 Å². The van der Waals surface area contributed by atoms with Crippen LogP contribution in [0.2, 0.25) is 0 Å². The minimum atomic E-state index is -0.478. The Bertz CT molecular complexity index is 302. The lowest BCUT2D eigenvalue weighted by molar-refractivity contribution is 0.196. The minimum Gasteiger partial charge on any atom is -0.396 e. The summed E-state index contributed by atoms with van der Waals surface area (Å²) in [5, 5.41) is 18.3. The van der Waals surface area contributed by atoms with Gasteiger partial charge in [-0.15, -0.1) is 11.8 Å². The molecule has 0 aromatic heterocycles. The van der Waals surface area contributed by atoms with Crippen LogP contribution in [0.4, 0.5) is 0 Å². The Hall–Kier alpha value is -0.0300. The van der Waals surface area contributed by atoms with Gasteiger partial charge >= 0.3 is 0 Å². The van der Waals surface area contributed by atoms with Crippen molar-refractivity contribution in [3.63, 3.8) is 0 Å². The Kier molecular flexibility index (Phi) is 4.95. The van der Waals surface area contributed by atoms with Gasteiger partial charge in [0.15, 0.2) is 0 Å². The summed E-state index contributed by atoms with van der Waals surface area (Å²) >= 11 is 4.92. The molecule has 1 rings (SSSR count). The van der Waals surface area contributed by atoms with E-state index in [1.54, 1.807) is 18.7 Å². The molecule has 4 heteroatoms. The highest BCUT2D eigenvalue weighted by Gasteiger charge is 2.08. The zero-order valence-corrected chi connectivity index (χ0v) is 10.3. The zero-order chi connectivity index (χ0) is 10.6. The molecule has 0 aliphatic carbocycles. The van der Waals surface area contributed by atoms with Gasteiger partial charge in [0.25, 0.3) is 0 Å². The molecule has 0 spiro atoms. The van der Waals surface area contributed by atoms with Gasteiger partial charge < -0.3 is 10.2 Å². The van der Waals surface area contributed by atoms with Crippen LogP contribution >= 0.6 is 27.7 Å². The fourth-order valence-corrected chi connectivity index (χ4v) is 2.38. The van der Waals surface area contributed by atoms with Gasteiger partial charge in [0, 0.05) is 15.1 Å². The van der Waals surface area contributed by atoms with Crippen molar-refractivity contribution in [3.05, 3.63) is 28.2 Å². The molecule has 14 heavy (non-hydrogen) atoms. The van der Waals surface area contributed by atoms with Gasteiger partial charge in [-0.2, -0.15) is 0 Å². The SMILES string of the molecule is CC(O)c1cc(Br)ccc1SCCO. The minimum absolute atomic E-state index is 0.153. The second kappa shape index (κ2) is 5.75. The Morgan fingerprint density at radius 1 is 1.50 bits per heavy atom. The number of halogens is 1. The summed E-state index contributed by atoms with van der Waals surface area (Å²) in [6.07, 6.45) is -0.478. The molecule has 1 atom stereocenters. The van der Waals surface area contributed by atoms with Crippen LogP contribution in [0.5, 0.6) is 0 Å². The molecular weight excluding hydrogens is 264 g/mol. The van der Waals surface area contributed by atoms with Crippen molar-refractivity contribution >= 4 is 27.7 Å². The van der Waals surface area contributed by atoms with Crippen LogP contribution in [0.3, 0.4) is 0 Å². The second-order valence-corrected chi connectivity index (χ2v) is 4.98. The van der Waals surface area contributed by atoms with Crippen molar-refractivity contribution in [2.45, 2.75) is 17.9 Å². The van der Waals surface area contributed by atoms with E-state index in [0.717, 1.165) is 14.9 Å². The van der Waals surface area contributed by atoms with Gasteiger partial charge in [0.05, 0.1) is 12.7 Å². The molecule has 2 nitrogen and oxygen atoms in total. The molecule has 78 valence electrons.